The van der Waals surface area contributed by atoms with E-state index in [-0.39, 0.29) is 5.96 Å². The lowest BCUT2D eigenvalue weighted by Gasteiger charge is -2.12. The number of nitrogens with zero attached hydrogens (tertiary/aromatic N) is 1. The second-order valence-electron chi connectivity index (χ2n) is 2.71. The number of nitrogens with two attached hydrogens (primary N) is 2. The number of aliphatic carboxylic acids is 2. The van der Waals surface area contributed by atoms with E-state index >= 15 is 0 Å². The van der Waals surface area contributed by atoms with E-state index < -0.39 is 29.0 Å². The van der Waals surface area contributed by atoms with Crippen molar-refractivity contribution in [2.45, 2.75) is 24.0 Å². The minimum atomic E-state index is -1.19. The molecule has 0 aliphatic rings. The first-order valence-electron chi connectivity index (χ1n) is 4.01. The summed E-state index contributed by atoms with van der Waals surface area (Å²) in [5.41, 5.74) is 10.2. The average molecular weight is 235 g/mol. The van der Waals surface area contributed by atoms with Gasteiger partial charge in [0.05, 0.1) is 11.8 Å². The van der Waals surface area contributed by atoms with E-state index in [4.69, 9.17) is 21.7 Å². The zero-order valence-electron chi connectivity index (χ0n) is 8.08. The molecule has 0 amide bonds. The van der Waals surface area contributed by atoms with Gasteiger partial charge < -0.3 is 21.7 Å². The molecular formula is C7H13N3O4S. The summed E-state index contributed by atoms with van der Waals surface area (Å²) < 4.78 is 0. The minimum absolute atomic E-state index is 0.158. The molecule has 0 spiro atoms. The summed E-state index contributed by atoms with van der Waals surface area (Å²) in [6.07, 6.45) is -0.468. The number of thioether (sulfide) groups is 1. The number of aliphatic imine (C=N–C) groups is 1. The lowest BCUT2D eigenvalue weighted by molar-refractivity contribution is -0.142. The molecule has 15 heavy (non-hydrogen) atoms. The zero-order chi connectivity index (χ0) is 12.0. The van der Waals surface area contributed by atoms with E-state index in [1.165, 1.54) is 0 Å². The van der Waals surface area contributed by atoms with Crippen LogP contribution in [0.2, 0.25) is 0 Å². The van der Waals surface area contributed by atoms with Crippen molar-refractivity contribution in [2.24, 2.45) is 16.5 Å². The summed E-state index contributed by atoms with van der Waals surface area (Å²) in [4.78, 5) is 24.7. The Morgan fingerprint density at radius 1 is 1.40 bits per heavy atom. The lowest BCUT2D eigenvalue weighted by Crippen LogP contribution is -2.26. The Labute approximate surface area is 90.5 Å². The van der Waals surface area contributed by atoms with Gasteiger partial charge in [0, 0.05) is 0 Å². The van der Waals surface area contributed by atoms with Crippen LogP contribution >= 0.6 is 11.8 Å². The SMILES string of the molecule is CC(N=C(N)N)SC(CC(=O)O)C(=O)O. The fourth-order valence-corrected chi connectivity index (χ4v) is 1.84. The first kappa shape index (κ1) is 13.6. The number of hydrogen-bond donors (Lipinski definition) is 4. The van der Waals surface area contributed by atoms with Crippen LogP contribution in [-0.4, -0.2) is 38.7 Å². The van der Waals surface area contributed by atoms with Crippen LogP contribution in [0.4, 0.5) is 0 Å². The maximum Gasteiger partial charge on any atom is 0.317 e. The van der Waals surface area contributed by atoms with Gasteiger partial charge in [-0.3, -0.25) is 9.59 Å². The summed E-state index contributed by atoms with van der Waals surface area (Å²) >= 11 is 0.882. The van der Waals surface area contributed by atoms with Crippen LogP contribution in [0, 0.1) is 0 Å². The molecule has 2 atom stereocenters. The largest absolute Gasteiger partial charge is 0.481 e. The molecule has 0 bridgehead atoms. The van der Waals surface area contributed by atoms with Crippen molar-refractivity contribution in [3.63, 3.8) is 0 Å². The summed E-state index contributed by atoms with van der Waals surface area (Å²) in [7, 11) is 0. The van der Waals surface area contributed by atoms with Gasteiger partial charge in [-0.15, -0.1) is 11.8 Å². The molecule has 0 radical (unpaired) electrons. The van der Waals surface area contributed by atoms with Gasteiger partial charge in [-0.25, -0.2) is 4.99 Å². The second kappa shape index (κ2) is 6.12. The maximum atomic E-state index is 10.7. The van der Waals surface area contributed by atoms with Gasteiger partial charge in [0.2, 0.25) is 0 Å². The van der Waals surface area contributed by atoms with Crippen molar-refractivity contribution in [1.29, 1.82) is 0 Å². The molecule has 0 aliphatic carbocycles. The highest BCUT2D eigenvalue weighted by Gasteiger charge is 2.23. The van der Waals surface area contributed by atoms with Gasteiger partial charge >= 0.3 is 11.9 Å². The van der Waals surface area contributed by atoms with Crippen LogP contribution in [0.25, 0.3) is 0 Å². The number of carboxylic acids is 2. The molecule has 2 unspecified atom stereocenters. The first-order chi connectivity index (χ1) is 6.82. The van der Waals surface area contributed by atoms with E-state index in [1.54, 1.807) is 6.92 Å². The van der Waals surface area contributed by atoms with Crippen LogP contribution < -0.4 is 11.5 Å². The molecule has 8 heteroatoms. The Morgan fingerprint density at radius 2 is 1.93 bits per heavy atom. The van der Waals surface area contributed by atoms with E-state index in [2.05, 4.69) is 4.99 Å². The molecule has 6 N–H and O–H groups in total. The third-order valence-electron chi connectivity index (χ3n) is 1.33. The minimum Gasteiger partial charge on any atom is -0.481 e. The predicted octanol–water partition coefficient (Wildman–Crippen LogP) is -0.733. The van der Waals surface area contributed by atoms with Crippen molar-refractivity contribution in [3.8, 4) is 0 Å². The number of rotatable bonds is 6. The van der Waals surface area contributed by atoms with Crippen molar-refractivity contribution in [1.82, 2.24) is 0 Å². The number of guanidine groups is 1. The molecule has 0 saturated heterocycles. The predicted molar refractivity (Wildman–Crippen MR) is 56.5 cm³/mol. The molecule has 7 nitrogen and oxygen atoms in total. The highest BCUT2D eigenvalue weighted by molar-refractivity contribution is 8.01. The fraction of sp³-hybridized carbons (Fsp3) is 0.571. The van der Waals surface area contributed by atoms with Crippen LogP contribution in [0.1, 0.15) is 13.3 Å². The van der Waals surface area contributed by atoms with Gasteiger partial charge in [0.25, 0.3) is 0 Å². The third-order valence-corrected chi connectivity index (χ3v) is 2.52. The van der Waals surface area contributed by atoms with Crippen LogP contribution in [0.15, 0.2) is 4.99 Å². The number of carboxylic acid groups (broad SMARTS) is 2. The summed E-state index contributed by atoms with van der Waals surface area (Å²) in [5, 5.41) is 15.6. The molecule has 0 saturated carbocycles. The van der Waals surface area contributed by atoms with Gasteiger partial charge in [-0.05, 0) is 6.92 Å². The monoisotopic (exact) mass is 235 g/mol. The molecule has 0 heterocycles. The molecule has 86 valence electrons. The number of hydrogen-bond acceptors (Lipinski definition) is 4. The number of carbonyl (C=O) groups is 2. The third kappa shape index (κ3) is 6.61. The summed E-state index contributed by atoms with van der Waals surface area (Å²) in [6, 6.07) is 0. The van der Waals surface area contributed by atoms with E-state index in [1.807, 2.05) is 0 Å². The standard InChI is InChI=1S/C7H13N3O4S/c1-3(10-7(8)9)15-4(6(13)14)2-5(11)12/h3-4H,2H2,1H3,(H,11,12)(H,13,14)(H4,8,9,10). The molecule has 0 fully saturated rings. The molecule has 0 aromatic carbocycles. The first-order valence-corrected chi connectivity index (χ1v) is 4.96. The Kier molecular flexibility index (Phi) is 5.53. The Hall–Kier alpha value is -1.44. The quantitative estimate of drug-likeness (QED) is 0.351. The fourth-order valence-electron chi connectivity index (χ4n) is 0.830. The highest BCUT2D eigenvalue weighted by Crippen LogP contribution is 2.21. The molecule has 0 aromatic heterocycles. The van der Waals surface area contributed by atoms with Gasteiger partial charge in [0.15, 0.2) is 5.96 Å². The van der Waals surface area contributed by atoms with E-state index in [9.17, 15) is 9.59 Å². The average Bonchev–Trinajstić information content (AvgIpc) is 1.99. The second-order valence-corrected chi connectivity index (χ2v) is 4.24. The zero-order valence-corrected chi connectivity index (χ0v) is 8.90. The smallest absolute Gasteiger partial charge is 0.317 e. The van der Waals surface area contributed by atoms with E-state index in [0.717, 1.165) is 11.8 Å². The highest BCUT2D eigenvalue weighted by atomic mass is 32.2. The van der Waals surface area contributed by atoms with Gasteiger partial charge in [0.1, 0.15) is 5.25 Å². The maximum absolute atomic E-state index is 10.7. The van der Waals surface area contributed by atoms with Crippen LogP contribution in [0.5, 0.6) is 0 Å². The van der Waals surface area contributed by atoms with E-state index in [0.29, 0.717) is 0 Å². The van der Waals surface area contributed by atoms with Gasteiger partial charge in [-0.2, -0.15) is 0 Å². The molecule has 0 rings (SSSR count). The van der Waals surface area contributed by atoms with Crippen LogP contribution in [-0.2, 0) is 9.59 Å². The normalized spacial score (nSPS) is 13.9. The Morgan fingerprint density at radius 3 is 2.27 bits per heavy atom. The van der Waals surface area contributed by atoms with Crippen molar-refractivity contribution in [3.05, 3.63) is 0 Å². The molecule has 0 aliphatic heterocycles. The van der Waals surface area contributed by atoms with Crippen molar-refractivity contribution >= 4 is 29.7 Å². The van der Waals surface area contributed by atoms with Gasteiger partial charge in [-0.1, -0.05) is 0 Å². The summed E-state index contributed by atoms with van der Waals surface area (Å²) in [6.45, 7) is 1.59. The van der Waals surface area contributed by atoms with Crippen molar-refractivity contribution in [2.75, 3.05) is 0 Å². The van der Waals surface area contributed by atoms with Crippen molar-refractivity contribution < 1.29 is 19.8 Å². The summed E-state index contributed by atoms with van der Waals surface area (Å²) in [5.74, 6) is -2.53. The van der Waals surface area contributed by atoms with Crippen LogP contribution in [0.3, 0.4) is 0 Å². The topological polar surface area (TPSA) is 139 Å². The lowest BCUT2D eigenvalue weighted by atomic mass is 10.3. The Balaban J connectivity index is 4.35. The Bertz CT molecular complexity index is 277. The molecular weight excluding hydrogens is 222 g/mol. The molecule has 0 aromatic rings.